The quantitative estimate of drug-likeness (QED) is 0.908. The summed E-state index contributed by atoms with van der Waals surface area (Å²) >= 11 is 0. The lowest BCUT2D eigenvalue weighted by Crippen LogP contribution is -2.44. The number of hydrogen-bond donors (Lipinski definition) is 1. The second kappa shape index (κ2) is 6.33. The predicted molar refractivity (Wildman–Crippen MR) is 90.3 cm³/mol. The van der Waals surface area contributed by atoms with Crippen molar-refractivity contribution in [3.63, 3.8) is 0 Å². The zero-order chi connectivity index (χ0) is 17.4. The summed E-state index contributed by atoms with van der Waals surface area (Å²) in [5.41, 5.74) is 1.42. The molecule has 25 heavy (non-hydrogen) atoms. The molecule has 1 saturated heterocycles. The second-order valence-electron chi connectivity index (χ2n) is 6.24. The van der Waals surface area contributed by atoms with E-state index in [2.05, 4.69) is 15.2 Å². The maximum atomic E-state index is 13.7. The van der Waals surface area contributed by atoms with Crippen LogP contribution in [0.5, 0.6) is 5.75 Å². The smallest absolute Gasteiger partial charge is 0.262 e. The number of ether oxygens (including phenoxy) is 2. The SMILES string of the molecule is C[C@H]1CN(c2cc3c(cn2)OCC(=O)N3)[C@@H](c2cccc(F)c2)CO1. The Hall–Kier alpha value is -2.67. The Morgan fingerprint density at radius 2 is 2.24 bits per heavy atom. The van der Waals surface area contributed by atoms with Gasteiger partial charge in [-0.3, -0.25) is 4.79 Å². The summed E-state index contributed by atoms with van der Waals surface area (Å²) in [6.45, 7) is 3.03. The molecular formula is C18H18FN3O3. The predicted octanol–water partition coefficient (Wildman–Crippen LogP) is 2.52. The number of benzene rings is 1. The van der Waals surface area contributed by atoms with Crippen molar-refractivity contribution in [3.8, 4) is 5.75 Å². The molecule has 1 fully saturated rings. The second-order valence-corrected chi connectivity index (χ2v) is 6.24. The van der Waals surface area contributed by atoms with Crippen LogP contribution in [0.25, 0.3) is 0 Å². The highest BCUT2D eigenvalue weighted by Gasteiger charge is 2.30. The molecule has 4 rings (SSSR count). The summed E-state index contributed by atoms with van der Waals surface area (Å²) in [5.74, 6) is 0.762. The third-order valence-electron chi connectivity index (χ3n) is 4.38. The number of anilines is 2. The molecule has 3 heterocycles. The van der Waals surface area contributed by atoms with Gasteiger partial charge in [0.05, 0.1) is 30.6 Å². The van der Waals surface area contributed by atoms with Gasteiger partial charge in [0.1, 0.15) is 11.6 Å². The number of hydrogen-bond acceptors (Lipinski definition) is 5. The van der Waals surface area contributed by atoms with Gasteiger partial charge in [0.2, 0.25) is 0 Å². The van der Waals surface area contributed by atoms with Crippen molar-refractivity contribution in [2.24, 2.45) is 0 Å². The zero-order valence-corrected chi connectivity index (χ0v) is 13.7. The summed E-state index contributed by atoms with van der Waals surface area (Å²) in [6, 6.07) is 8.14. The molecule has 0 bridgehead atoms. The first-order valence-corrected chi connectivity index (χ1v) is 8.16. The summed E-state index contributed by atoms with van der Waals surface area (Å²) in [6.07, 6.45) is 1.63. The molecule has 0 saturated carbocycles. The van der Waals surface area contributed by atoms with E-state index in [-0.39, 0.29) is 30.5 Å². The first-order valence-electron chi connectivity index (χ1n) is 8.16. The van der Waals surface area contributed by atoms with E-state index in [9.17, 15) is 9.18 Å². The van der Waals surface area contributed by atoms with Gasteiger partial charge in [-0.15, -0.1) is 0 Å². The number of rotatable bonds is 2. The normalized spacial score (nSPS) is 22.8. The van der Waals surface area contributed by atoms with E-state index >= 15 is 0 Å². The van der Waals surface area contributed by atoms with Gasteiger partial charge in [-0.25, -0.2) is 9.37 Å². The highest BCUT2D eigenvalue weighted by atomic mass is 19.1. The monoisotopic (exact) mass is 343 g/mol. The molecule has 2 aliphatic heterocycles. The van der Waals surface area contributed by atoms with Crippen molar-refractivity contribution in [2.45, 2.75) is 19.1 Å². The van der Waals surface area contributed by atoms with E-state index in [0.717, 1.165) is 5.56 Å². The Morgan fingerprint density at radius 3 is 3.08 bits per heavy atom. The number of nitrogens with zero attached hydrogens (tertiary/aromatic N) is 2. The molecule has 130 valence electrons. The Bertz CT molecular complexity index is 814. The minimum atomic E-state index is -0.282. The molecule has 1 aromatic carbocycles. The average Bonchev–Trinajstić information content (AvgIpc) is 2.61. The minimum absolute atomic E-state index is 0.00542. The molecule has 0 aliphatic carbocycles. The molecule has 6 nitrogen and oxygen atoms in total. The van der Waals surface area contributed by atoms with Gasteiger partial charge in [-0.05, 0) is 24.6 Å². The molecule has 2 aromatic rings. The van der Waals surface area contributed by atoms with E-state index < -0.39 is 0 Å². The summed E-state index contributed by atoms with van der Waals surface area (Å²) < 4.78 is 24.8. The zero-order valence-electron chi connectivity index (χ0n) is 13.7. The van der Waals surface area contributed by atoms with Gasteiger partial charge >= 0.3 is 0 Å². The van der Waals surface area contributed by atoms with Crippen molar-refractivity contribution in [2.75, 3.05) is 30.0 Å². The molecule has 0 unspecified atom stereocenters. The highest BCUT2D eigenvalue weighted by molar-refractivity contribution is 5.95. The average molecular weight is 343 g/mol. The van der Waals surface area contributed by atoms with Gasteiger partial charge in [-0.2, -0.15) is 0 Å². The number of carbonyl (C=O) groups excluding carboxylic acids is 1. The Labute approximate surface area is 144 Å². The van der Waals surface area contributed by atoms with Crippen LogP contribution in [0.1, 0.15) is 18.5 Å². The van der Waals surface area contributed by atoms with Gasteiger partial charge < -0.3 is 19.7 Å². The van der Waals surface area contributed by atoms with Crippen molar-refractivity contribution in [1.29, 1.82) is 0 Å². The molecule has 0 radical (unpaired) electrons. The maximum absolute atomic E-state index is 13.7. The first-order chi connectivity index (χ1) is 12.1. The van der Waals surface area contributed by atoms with Crippen molar-refractivity contribution in [3.05, 3.63) is 47.9 Å². The standard InChI is InChI=1S/C18H18FN3O3/c1-11-8-22(15(9-24-11)12-3-2-4-13(19)5-12)17-6-14-16(7-20-17)25-10-18(23)21-14/h2-7,11,15H,8-10H2,1H3,(H,21,23)/t11-,15+/m0/s1. The lowest BCUT2D eigenvalue weighted by molar-refractivity contribution is -0.118. The molecule has 1 amide bonds. The number of carbonyl (C=O) groups is 1. The molecule has 0 spiro atoms. The van der Waals surface area contributed by atoms with E-state index in [4.69, 9.17) is 9.47 Å². The van der Waals surface area contributed by atoms with Crippen LogP contribution in [0.4, 0.5) is 15.9 Å². The fraction of sp³-hybridized carbons (Fsp3) is 0.333. The molecule has 7 heteroatoms. The fourth-order valence-corrected chi connectivity index (χ4v) is 3.18. The lowest BCUT2D eigenvalue weighted by Gasteiger charge is -2.40. The van der Waals surface area contributed by atoms with Gasteiger partial charge in [0, 0.05) is 12.6 Å². The number of morpholine rings is 1. The van der Waals surface area contributed by atoms with Crippen LogP contribution in [0, 0.1) is 5.82 Å². The third-order valence-corrected chi connectivity index (χ3v) is 4.38. The van der Waals surface area contributed by atoms with Crippen LogP contribution in [-0.2, 0) is 9.53 Å². The van der Waals surface area contributed by atoms with Crippen LogP contribution in [0.15, 0.2) is 36.5 Å². The van der Waals surface area contributed by atoms with Crippen LogP contribution >= 0.6 is 0 Å². The van der Waals surface area contributed by atoms with E-state index in [1.165, 1.54) is 12.1 Å². The highest BCUT2D eigenvalue weighted by Crippen LogP contribution is 2.35. The third kappa shape index (κ3) is 3.15. The first kappa shape index (κ1) is 15.8. The van der Waals surface area contributed by atoms with E-state index in [1.807, 2.05) is 13.0 Å². The lowest BCUT2D eigenvalue weighted by atomic mass is 10.0. The van der Waals surface area contributed by atoms with Crippen LogP contribution in [0.3, 0.4) is 0 Å². The maximum Gasteiger partial charge on any atom is 0.262 e. The summed E-state index contributed by atoms with van der Waals surface area (Å²) in [7, 11) is 0. The van der Waals surface area contributed by atoms with Gasteiger partial charge in [0.25, 0.3) is 5.91 Å². The summed E-state index contributed by atoms with van der Waals surface area (Å²) in [5, 5.41) is 2.79. The van der Waals surface area contributed by atoms with Crippen molar-refractivity contribution in [1.82, 2.24) is 4.98 Å². The number of halogens is 1. The Kier molecular flexibility index (Phi) is 4.01. The van der Waals surface area contributed by atoms with Crippen LogP contribution < -0.4 is 15.0 Å². The minimum Gasteiger partial charge on any atom is -0.480 e. The Balaban J connectivity index is 1.70. The fourth-order valence-electron chi connectivity index (χ4n) is 3.18. The topological polar surface area (TPSA) is 63.7 Å². The van der Waals surface area contributed by atoms with Crippen molar-refractivity contribution >= 4 is 17.4 Å². The molecular weight excluding hydrogens is 325 g/mol. The largest absolute Gasteiger partial charge is 0.480 e. The number of nitrogens with one attached hydrogen (secondary N) is 1. The van der Waals surface area contributed by atoms with Gasteiger partial charge in [0.15, 0.2) is 12.4 Å². The number of aromatic nitrogens is 1. The molecule has 2 aliphatic rings. The Morgan fingerprint density at radius 1 is 1.36 bits per heavy atom. The molecule has 2 atom stereocenters. The van der Waals surface area contributed by atoms with Gasteiger partial charge in [-0.1, -0.05) is 12.1 Å². The van der Waals surface area contributed by atoms with E-state index in [1.54, 1.807) is 18.3 Å². The van der Waals surface area contributed by atoms with Crippen LogP contribution in [-0.4, -0.2) is 36.8 Å². The molecule has 1 aromatic heterocycles. The number of pyridine rings is 1. The van der Waals surface area contributed by atoms with E-state index in [0.29, 0.717) is 30.4 Å². The summed E-state index contributed by atoms with van der Waals surface area (Å²) in [4.78, 5) is 18.1. The number of amides is 1. The van der Waals surface area contributed by atoms with Crippen molar-refractivity contribution < 1.29 is 18.7 Å². The van der Waals surface area contributed by atoms with Crippen LogP contribution in [0.2, 0.25) is 0 Å². The molecule has 1 N–H and O–H groups in total. The number of fused-ring (bicyclic) bond motifs is 1.